The summed E-state index contributed by atoms with van der Waals surface area (Å²) in [6.45, 7) is 2.01. The number of aliphatic hydroxyl groups is 1. The van der Waals surface area contributed by atoms with Crippen molar-refractivity contribution < 1.29 is 33.6 Å². The number of imide groups is 1. The van der Waals surface area contributed by atoms with Gasteiger partial charge in [-0.2, -0.15) is 0 Å². The molecular formula is C31H34N2O7. The monoisotopic (exact) mass is 546 g/mol. The molecule has 9 nitrogen and oxygen atoms in total. The van der Waals surface area contributed by atoms with E-state index in [1.165, 1.54) is 4.90 Å². The largest absolute Gasteiger partial charge is 0.497 e. The molecule has 3 amide bonds. The lowest BCUT2D eigenvalue weighted by atomic mass is 9.80. The Bertz CT molecular complexity index is 1270. The lowest BCUT2D eigenvalue weighted by Crippen LogP contribution is -2.57. The molecule has 0 saturated carbocycles. The minimum atomic E-state index is -1.07. The number of nitrogens with zero attached hydrogens (tertiary/aromatic N) is 1. The number of methoxy groups -OCH3 is 2. The Balaban J connectivity index is 1.49. The Morgan fingerprint density at radius 1 is 0.900 bits per heavy atom. The molecule has 0 aliphatic carbocycles. The first-order valence-corrected chi connectivity index (χ1v) is 13.3. The zero-order chi connectivity index (χ0) is 28.3. The number of hydrogen-bond donors (Lipinski definition) is 2. The molecular weight excluding hydrogens is 512 g/mol. The smallest absolute Gasteiger partial charge is 0.326 e. The predicted molar refractivity (Wildman–Crippen MR) is 147 cm³/mol. The lowest BCUT2D eigenvalue weighted by molar-refractivity contribution is -0.130. The van der Waals surface area contributed by atoms with Crippen molar-refractivity contribution in [3.63, 3.8) is 0 Å². The zero-order valence-corrected chi connectivity index (χ0v) is 22.8. The highest BCUT2D eigenvalue weighted by Gasteiger charge is 2.45. The van der Waals surface area contributed by atoms with Crippen LogP contribution in [0.1, 0.15) is 30.0 Å². The van der Waals surface area contributed by atoms with Gasteiger partial charge in [0.05, 0.1) is 32.8 Å². The molecule has 3 aromatic carbocycles. The number of benzene rings is 3. The highest BCUT2D eigenvalue weighted by atomic mass is 16.6. The first kappa shape index (κ1) is 27.6. The van der Waals surface area contributed by atoms with E-state index in [4.69, 9.17) is 18.9 Å². The standard InChI is InChI=1S/C31H34N2O7/c1-20-18-33(30(36)32-29(20)35)28-17-26(34)27(40-28)19-39-31(21-7-5-4-6-8-21,22-9-13-24(37-2)14-10-22)23-11-15-25(38-3)16-12-23/h4-16,20,26-28,34H,17-19H2,1-3H3,(H,32,35,36)/t20?,26-,27+,28+/m0/s1. The summed E-state index contributed by atoms with van der Waals surface area (Å²) in [4.78, 5) is 25.9. The zero-order valence-electron chi connectivity index (χ0n) is 22.8. The fourth-order valence-corrected chi connectivity index (χ4v) is 5.35. The Morgan fingerprint density at radius 2 is 1.45 bits per heavy atom. The van der Waals surface area contributed by atoms with Gasteiger partial charge >= 0.3 is 6.03 Å². The van der Waals surface area contributed by atoms with Gasteiger partial charge in [0.1, 0.15) is 29.4 Å². The number of aliphatic hydroxyl groups excluding tert-OH is 1. The highest BCUT2D eigenvalue weighted by Crippen LogP contribution is 2.42. The van der Waals surface area contributed by atoms with Crippen LogP contribution in [0.5, 0.6) is 11.5 Å². The number of carbonyl (C=O) groups is 2. The van der Waals surface area contributed by atoms with Crippen LogP contribution in [0.3, 0.4) is 0 Å². The molecule has 4 atom stereocenters. The minimum absolute atomic E-state index is 0.0363. The SMILES string of the molecule is COc1ccc(C(OC[C@H]2O[C@@H](N3CC(C)C(=O)NC3=O)C[C@@H]2O)(c2ccccc2)c2ccc(OC)cc2)cc1. The predicted octanol–water partition coefficient (Wildman–Crippen LogP) is 3.68. The van der Waals surface area contributed by atoms with Crippen LogP contribution in [0.2, 0.25) is 0 Å². The van der Waals surface area contributed by atoms with Gasteiger partial charge in [0.15, 0.2) is 0 Å². The van der Waals surface area contributed by atoms with Gasteiger partial charge in [-0.15, -0.1) is 0 Å². The molecule has 40 heavy (non-hydrogen) atoms. The average Bonchev–Trinajstić information content (AvgIpc) is 3.36. The maximum Gasteiger partial charge on any atom is 0.326 e. The van der Waals surface area contributed by atoms with E-state index in [-0.39, 0.29) is 31.4 Å². The molecule has 0 radical (unpaired) electrons. The van der Waals surface area contributed by atoms with Crippen LogP contribution in [-0.2, 0) is 19.9 Å². The summed E-state index contributed by atoms with van der Waals surface area (Å²) in [5.74, 6) is 0.742. The maximum absolute atomic E-state index is 12.5. The average molecular weight is 547 g/mol. The molecule has 0 bridgehead atoms. The number of amides is 3. The van der Waals surface area contributed by atoms with Gasteiger partial charge in [0, 0.05) is 13.0 Å². The summed E-state index contributed by atoms with van der Waals surface area (Å²) in [7, 11) is 3.24. The molecule has 1 unspecified atom stereocenters. The normalized spacial score (nSPS) is 23.1. The molecule has 5 rings (SSSR count). The van der Waals surface area contributed by atoms with Crippen molar-refractivity contribution in [2.24, 2.45) is 5.92 Å². The molecule has 2 N–H and O–H groups in total. The van der Waals surface area contributed by atoms with Crippen LogP contribution in [0, 0.1) is 5.92 Å². The summed E-state index contributed by atoms with van der Waals surface area (Å²) < 4.78 is 23.8. The van der Waals surface area contributed by atoms with Crippen LogP contribution in [-0.4, -0.2) is 67.8 Å². The fraction of sp³-hybridized carbons (Fsp3) is 0.355. The van der Waals surface area contributed by atoms with E-state index in [0.717, 1.165) is 16.7 Å². The van der Waals surface area contributed by atoms with Crippen LogP contribution in [0.4, 0.5) is 4.79 Å². The molecule has 0 spiro atoms. The molecule has 2 aliphatic heterocycles. The quantitative estimate of drug-likeness (QED) is 0.395. The summed E-state index contributed by atoms with van der Waals surface area (Å²) >= 11 is 0. The third kappa shape index (κ3) is 5.28. The number of carbonyl (C=O) groups excluding carboxylic acids is 2. The Morgan fingerprint density at radius 3 is 2.00 bits per heavy atom. The van der Waals surface area contributed by atoms with Crippen LogP contribution < -0.4 is 14.8 Å². The first-order valence-electron chi connectivity index (χ1n) is 13.3. The van der Waals surface area contributed by atoms with Crippen molar-refractivity contribution in [2.45, 2.75) is 37.4 Å². The third-order valence-corrected chi connectivity index (χ3v) is 7.60. The van der Waals surface area contributed by atoms with Crippen molar-refractivity contribution in [1.29, 1.82) is 0 Å². The van der Waals surface area contributed by atoms with Crippen molar-refractivity contribution in [3.8, 4) is 11.5 Å². The molecule has 9 heteroatoms. The molecule has 2 fully saturated rings. The van der Waals surface area contributed by atoms with Crippen LogP contribution in [0.15, 0.2) is 78.9 Å². The number of nitrogens with one attached hydrogen (secondary N) is 1. The molecule has 2 aliphatic rings. The molecule has 2 saturated heterocycles. The molecule has 0 aromatic heterocycles. The van der Waals surface area contributed by atoms with Crippen molar-refractivity contribution in [2.75, 3.05) is 27.4 Å². The van der Waals surface area contributed by atoms with Gasteiger partial charge in [-0.25, -0.2) is 4.79 Å². The summed E-state index contributed by atoms with van der Waals surface area (Å²) in [6.07, 6.45) is -2.03. The van der Waals surface area contributed by atoms with Gasteiger partial charge in [0.2, 0.25) is 5.91 Å². The van der Waals surface area contributed by atoms with Gasteiger partial charge in [-0.05, 0) is 41.0 Å². The highest BCUT2D eigenvalue weighted by molar-refractivity contribution is 5.97. The van der Waals surface area contributed by atoms with E-state index in [0.29, 0.717) is 11.5 Å². The van der Waals surface area contributed by atoms with Crippen molar-refractivity contribution in [3.05, 3.63) is 95.6 Å². The van der Waals surface area contributed by atoms with Crippen molar-refractivity contribution >= 4 is 11.9 Å². The Hall–Kier alpha value is -3.92. The number of hydrogen-bond acceptors (Lipinski definition) is 7. The summed E-state index contributed by atoms with van der Waals surface area (Å²) in [6, 6.07) is 24.7. The van der Waals surface area contributed by atoms with Gasteiger partial charge in [-0.3, -0.25) is 15.0 Å². The van der Waals surface area contributed by atoms with Crippen LogP contribution in [0.25, 0.3) is 0 Å². The lowest BCUT2D eigenvalue weighted by Gasteiger charge is -2.37. The number of urea groups is 1. The van der Waals surface area contributed by atoms with Crippen molar-refractivity contribution in [1.82, 2.24) is 10.2 Å². The van der Waals surface area contributed by atoms with Gasteiger partial charge in [0.25, 0.3) is 0 Å². The topological polar surface area (TPSA) is 107 Å². The number of ether oxygens (including phenoxy) is 4. The first-order chi connectivity index (χ1) is 19.3. The number of rotatable bonds is 9. The second kappa shape index (κ2) is 11.7. The van der Waals surface area contributed by atoms with E-state index >= 15 is 0 Å². The third-order valence-electron chi connectivity index (χ3n) is 7.60. The second-order valence-corrected chi connectivity index (χ2v) is 10.1. The summed E-state index contributed by atoms with van der Waals surface area (Å²) in [5.41, 5.74) is 1.54. The van der Waals surface area contributed by atoms with E-state index in [1.807, 2.05) is 78.9 Å². The van der Waals surface area contributed by atoms with E-state index in [9.17, 15) is 14.7 Å². The van der Waals surface area contributed by atoms with E-state index < -0.39 is 30.1 Å². The second-order valence-electron chi connectivity index (χ2n) is 10.1. The summed E-state index contributed by atoms with van der Waals surface area (Å²) in [5, 5.41) is 13.3. The van der Waals surface area contributed by atoms with E-state index in [1.54, 1.807) is 21.1 Å². The van der Waals surface area contributed by atoms with E-state index in [2.05, 4.69) is 5.32 Å². The minimum Gasteiger partial charge on any atom is -0.497 e. The molecule has 210 valence electrons. The molecule has 3 aromatic rings. The molecule has 2 heterocycles. The Labute approximate surface area is 233 Å². The van der Waals surface area contributed by atoms with Gasteiger partial charge < -0.3 is 24.1 Å². The Kier molecular flexibility index (Phi) is 8.07. The maximum atomic E-state index is 12.5. The van der Waals surface area contributed by atoms with Gasteiger partial charge in [-0.1, -0.05) is 61.5 Å². The van der Waals surface area contributed by atoms with Crippen LogP contribution >= 0.6 is 0 Å². The fourth-order valence-electron chi connectivity index (χ4n) is 5.35.